The molecule has 3 aromatic rings. The lowest BCUT2D eigenvalue weighted by atomic mass is 9.92. The average molecular weight is 444 g/mol. The second-order valence-electron chi connectivity index (χ2n) is 10.0. The van der Waals surface area contributed by atoms with Gasteiger partial charge in [0.15, 0.2) is 0 Å². The van der Waals surface area contributed by atoms with Gasteiger partial charge in [0.25, 0.3) is 5.91 Å². The van der Waals surface area contributed by atoms with Crippen LogP contribution in [-0.4, -0.2) is 35.5 Å². The van der Waals surface area contributed by atoms with Crippen LogP contribution in [0.1, 0.15) is 61.0 Å². The van der Waals surface area contributed by atoms with Crippen LogP contribution in [0.3, 0.4) is 0 Å². The molecule has 2 aromatic carbocycles. The van der Waals surface area contributed by atoms with Crippen LogP contribution >= 0.6 is 0 Å². The first kappa shape index (κ1) is 21.9. The summed E-state index contributed by atoms with van der Waals surface area (Å²) in [5.74, 6) is 1.40. The predicted molar refractivity (Wildman–Crippen MR) is 133 cm³/mol. The Hall–Kier alpha value is -2.92. The summed E-state index contributed by atoms with van der Waals surface area (Å²) in [6, 6.07) is 13.7. The number of rotatable bonds is 7. The van der Waals surface area contributed by atoms with Crippen molar-refractivity contribution in [3.63, 3.8) is 0 Å². The highest BCUT2D eigenvalue weighted by molar-refractivity contribution is 6.06. The zero-order valence-corrected chi connectivity index (χ0v) is 19.9. The Morgan fingerprint density at radius 3 is 2.55 bits per heavy atom. The molecule has 1 aliphatic heterocycles. The molecule has 0 atom stereocenters. The minimum atomic E-state index is -0.127. The van der Waals surface area contributed by atoms with E-state index < -0.39 is 0 Å². The number of aromatic nitrogens is 1. The lowest BCUT2D eigenvalue weighted by Gasteiger charge is -2.35. The van der Waals surface area contributed by atoms with Crippen LogP contribution < -0.4 is 10.1 Å². The molecule has 1 aliphatic carbocycles. The molecule has 2 heterocycles. The quantitative estimate of drug-likeness (QED) is 0.493. The van der Waals surface area contributed by atoms with Crippen LogP contribution in [0.25, 0.3) is 10.9 Å². The van der Waals surface area contributed by atoms with Gasteiger partial charge in [0.1, 0.15) is 5.75 Å². The molecule has 1 N–H and O–H groups in total. The highest BCUT2D eigenvalue weighted by atomic mass is 16.5. The van der Waals surface area contributed by atoms with Crippen LogP contribution in [0.5, 0.6) is 5.75 Å². The average Bonchev–Trinajstić information content (AvgIpc) is 3.48. The van der Waals surface area contributed by atoms with E-state index in [0.717, 1.165) is 47.6 Å². The summed E-state index contributed by atoms with van der Waals surface area (Å²) in [5, 5.41) is 4.16. The van der Waals surface area contributed by atoms with Gasteiger partial charge in [0.05, 0.1) is 12.1 Å². The first-order valence-electron chi connectivity index (χ1n) is 12.1. The summed E-state index contributed by atoms with van der Waals surface area (Å²) in [5.41, 5.74) is 4.52. The van der Waals surface area contributed by atoms with Crippen molar-refractivity contribution in [3.05, 3.63) is 65.4 Å². The maximum absolute atomic E-state index is 12.8. The molecule has 0 unspecified atom stereocenters. The molecule has 5 heteroatoms. The van der Waals surface area contributed by atoms with Crippen molar-refractivity contribution in [1.29, 1.82) is 0 Å². The van der Waals surface area contributed by atoms with Crippen LogP contribution in [-0.2, 0) is 5.54 Å². The zero-order chi connectivity index (χ0) is 23.0. The van der Waals surface area contributed by atoms with Crippen molar-refractivity contribution in [2.24, 2.45) is 5.92 Å². The Kier molecular flexibility index (Phi) is 5.83. The number of carbonyl (C=O) groups is 1. The normalized spacial score (nSPS) is 16.8. The van der Waals surface area contributed by atoms with Gasteiger partial charge >= 0.3 is 0 Å². The van der Waals surface area contributed by atoms with E-state index in [9.17, 15) is 4.79 Å². The third-order valence-corrected chi connectivity index (χ3v) is 7.26. The van der Waals surface area contributed by atoms with Crippen molar-refractivity contribution in [1.82, 2.24) is 9.88 Å². The monoisotopic (exact) mass is 443 g/mol. The van der Waals surface area contributed by atoms with Gasteiger partial charge in [0.2, 0.25) is 0 Å². The fourth-order valence-electron chi connectivity index (χ4n) is 4.67. The summed E-state index contributed by atoms with van der Waals surface area (Å²) >= 11 is 0. The number of amides is 1. The van der Waals surface area contributed by atoms with Gasteiger partial charge in [-0.2, -0.15) is 0 Å². The highest BCUT2D eigenvalue weighted by Crippen LogP contribution is 2.34. The number of likely N-dealkylation sites (tertiary alicyclic amines) is 1. The van der Waals surface area contributed by atoms with Gasteiger partial charge in [-0.05, 0) is 113 Å². The Balaban J connectivity index is 1.32. The molecule has 1 aromatic heterocycles. The van der Waals surface area contributed by atoms with Gasteiger partial charge in [-0.1, -0.05) is 6.07 Å². The molecule has 1 amide bonds. The SMILES string of the molecule is Cc1c(NC(=O)c2ccc(OCC3CC3)cc2)ccc2cc(C(C)(C)N3CCCC3)cnc12. The van der Waals surface area contributed by atoms with E-state index in [2.05, 4.69) is 36.2 Å². The van der Waals surface area contributed by atoms with Crippen LogP contribution in [0.4, 0.5) is 5.69 Å². The van der Waals surface area contributed by atoms with E-state index in [0.29, 0.717) is 11.5 Å². The number of nitrogens with zero attached hydrogens (tertiary/aromatic N) is 2. The van der Waals surface area contributed by atoms with E-state index in [1.54, 1.807) is 0 Å². The Bertz CT molecular complexity index is 1160. The number of carbonyl (C=O) groups excluding carboxylic acids is 1. The largest absolute Gasteiger partial charge is 0.493 e. The molecule has 5 nitrogen and oxygen atoms in total. The van der Waals surface area contributed by atoms with Gasteiger partial charge in [-0.3, -0.25) is 14.7 Å². The number of pyridine rings is 1. The molecule has 2 aliphatic rings. The van der Waals surface area contributed by atoms with Crippen molar-refractivity contribution in [3.8, 4) is 5.75 Å². The van der Waals surface area contributed by atoms with Gasteiger partial charge in [-0.15, -0.1) is 0 Å². The van der Waals surface area contributed by atoms with Crippen molar-refractivity contribution >= 4 is 22.5 Å². The molecule has 1 saturated carbocycles. The number of nitrogens with one attached hydrogen (secondary N) is 1. The number of anilines is 1. The van der Waals surface area contributed by atoms with Gasteiger partial charge < -0.3 is 10.1 Å². The summed E-state index contributed by atoms with van der Waals surface area (Å²) in [7, 11) is 0. The molecule has 5 rings (SSSR count). The number of hydrogen-bond acceptors (Lipinski definition) is 4. The summed E-state index contributed by atoms with van der Waals surface area (Å²) in [6.45, 7) is 9.64. The topological polar surface area (TPSA) is 54.5 Å². The third-order valence-electron chi connectivity index (χ3n) is 7.26. The van der Waals surface area contributed by atoms with Gasteiger partial charge in [0, 0.05) is 28.4 Å². The molecular formula is C28H33N3O2. The standard InChI is InChI=1S/C28H33N3O2/c1-19-25(30-27(32)21-8-11-24(12-9-21)33-18-20-6-7-20)13-10-22-16-23(17-29-26(19)22)28(2,3)31-14-4-5-15-31/h8-13,16-17,20H,4-7,14-15,18H2,1-3H3,(H,30,32). The van der Waals surface area contributed by atoms with E-state index in [4.69, 9.17) is 9.72 Å². The highest BCUT2D eigenvalue weighted by Gasteiger charge is 2.31. The zero-order valence-electron chi connectivity index (χ0n) is 19.9. The minimum Gasteiger partial charge on any atom is -0.493 e. The minimum absolute atomic E-state index is 0.0347. The number of hydrogen-bond donors (Lipinski definition) is 1. The first-order chi connectivity index (χ1) is 15.9. The van der Waals surface area contributed by atoms with Crippen molar-refractivity contribution in [2.75, 3.05) is 25.0 Å². The lowest BCUT2D eigenvalue weighted by molar-refractivity contribution is 0.102. The molecule has 172 valence electrons. The van der Waals surface area contributed by atoms with E-state index in [1.807, 2.05) is 43.5 Å². The Morgan fingerprint density at radius 2 is 1.85 bits per heavy atom. The van der Waals surface area contributed by atoms with E-state index >= 15 is 0 Å². The summed E-state index contributed by atoms with van der Waals surface area (Å²) < 4.78 is 5.77. The van der Waals surface area contributed by atoms with Crippen molar-refractivity contribution < 1.29 is 9.53 Å². The smallest absolute Gasteiger partial charge is 0.255 e. The molecule has 0 bridgehead atoms. The van der Waals surface area contributed by atoms with Crippen LogP contribution in [0.15, 0.2) is 48.7 Å². The summed E-state index contributed by atoms with van der Waals surface area (Å²) in [4.78, 5) is 20.2. The number of ether oxygens (including phenoxy) is 1. The predicted octanol–water partition coefficient (Wildman–Crippen LogP) is 5.92. The third kappa shape index (κ3) is 4.60. The molecule has 1 saturated heterocycles. The molecule has 0 radical (unpaired) electrons. The fourth-order valence-corrected chi connectivity index (χ4v) is 4.67. The Morgan fingerprint density at radius 1 is 1.12 bits per heavy atom. The maximum atomic E-state index is 12.8. The van der Waals surface area contributed by atoms with Crippen LogP contribution in [0.2, 0.25) is 0 Å². The van der Waals surface area contributed by atoms with E-state index in [1.165, 1.54) is 31.2 Å². The first-order valence-corrected chi connectivity index (χ1v) is 12.1. The molecule has 0 spiro atoms. The maximum Gasteiger partial charge on any atom is 0.255 e. The number of fused-ring (bicyclic) bond motifs is 1. The second kappa shape index (κ2) is 8.79. The van der Waals surface area contributed by atoms with Gasteiger partial charge in [-0.25, -0.2) is 0 Å². The number of benzene rings is 2. The van der Waals surface area contributed by atoms with E-state index in [-0.39, 0.29) is 11.4 Å². The molecule has 2 fully saturated rings. The second-order valence-corrected chi connectivity index (χ2v) is 10.0. The lowest BCUT2D eigenvalue weighted by Crippen LogP contribution is -2.39. The Labute approximate surface area is 196 Å². The fraction of sp³-hybridized carbons (Fsp3) is 0.429. The van der Waals surface area contributed by atoms with Crippen molar-refractivity contribution in [2.45, 2.75) is 52.0 Å². The molecule has 33 heavy (non-hydrogen) atoms. The molecular weight excluding hydrogens is 410 g/mol. The van der Waals surface area contributed by atoms with Crippen LogP contribution in [0, 0.1) is 12.8 Å². The summed E-state index contributed by atoms with van der Waals surface area (Å²) in [6.07, 6.45) is 7.06. The number of aryl methyl sites for hydroxylation is 1.